The maximum atomic E-state index is 13.0. The molecule has 0 atom stereocenters. The highest BCUT2D eigenvalue weighted by Crippen LogP contribution is 2.28. The third kappa shape index (κ3) is 3.53. The van der Waals surface area contributed by atoms with Gasteiger partial charge in [-0.1, -0.05) is 28.4 Å². The molecule has 0 bridgehead atoms. The molecular weight excluding hydrogens is 297 g/mol. The van der Waals surface area contributed by atoms with Crippen LogP contribution in [0.3, 0.4) is 0 Å². The summed E-state index contributed by atoms with van der Waals surface area (Å²) in [6, 6.07) is 5.49. The quantitative estimate of drug-likeness (QED) is 0.870. The van der Waals surface area contributed by atoms with E-state index in [1.165, 1.54) is 31.4 Å². The zero-order valence-electron chi connectivity index (χ0n) is 10.4. The first-order chi connectivity index (χ1) is 8.70. The van der Waals surface area contributed by atoms with E-state index in [0.29, 0.717) is 6.04 Å². The van der Waals surface area contributed by atoms with Gasteiger partial charge in [0.15, 0.2) is 0 Å². The molecule has 100 valence electrons. The average Bonchev–Trinajstić information content (AvgIpc) is 2.27. The van der Waals surface area contributed by atoms with Gasteiger partial charge in [-0.25, -0.2) is 4.39 Å². The van der Waals surface area contributed by atoms with E-state index in [9.17, 15) is 4.39 Å². The second-order valence-corrected chi connectivity index (χ2v) is 5.72. The Morgan fingerprint density at radius 1 is 1.39 bits per heavy atom. The van der Waals surface area contributed by atoms with Gasteiger partial charge in [-0.3, -0.25) is 4.90 Å². The number of aliphatic hydroxyl groups excluding tert-OH is 1. The highest BCUT2D eigenvalue weighted by atomic mass is 79.9. The van der Waals surface area contributed by atoms with E-state index in [0.717, 1.165) is 29.5 Å². The third-order valence-corrected chi connectivity index (χ3v) is 4.32. The summed E-state index contributed by atoms with van der Waals surface area (Å²) in [5, 5.41) is 8.96. The minimum absolute atomic E-state index is 0.212. The standard InChI is InChI=1S/C14H19BrFNO/c15-14-9-12(16)6-5-11(14)10-17(7-2-8-18)13-3-1-4-13/h5-6,9,13,18H,1-4,7-8,10H2. The summed E-state index contributed by atoms with van der Waals surface area (Å²) in [4.78, 5) is 2.40. The molecule has 0 amide bonds. The zero-order valence-corrected chi connectivity index (χ0v) is 12.0. The third-order valence-electron chi connectivity index (χ3n) is 3.58. The van der Waals surface area contributed by atoms with Gasteiger partial charge in [0.05, 0.1) is 0 Å². The molecule has 0 saturated heterocycles. The summed E-state index contributed by atoms with van der Waals surface area (Å²) in [6.45, 7) is 1.96. The Labute approximate surface area is 116 Å². The molecule has 1 aromatic carbocycles. The van der Waals surface area contributed by atoms with Gasteiger partial charge < -0.3 is 5.11 Å². The van der Waals surface area contributed by atoms with Crippen LogP contribution in [0, 0.1) is 5.82 Å². The minimum Gasteiger partial charge on any atom is -0.396 e. The zero-order chi connectivity index (χ0) is 13.0. The van der Waals surface area contributed by atoms with Crippen LogP contribution in [0.2, 0.25) is 0 Å². The first kappa shape index (κ1) is 14.0. The lowest BCUT2D eigenvalue weighted by atomic mass is 9.91. The van der Waals surface area contributed by atoms with E-state index >= 15 is 0 Å². The lowest BCUT2D eigenvalue weighted by molar-refractivity contribution is 0.109. The Balaban J connectivity index is 2.02. The molecule has 0 unspecified atom stereocenters. The Bertz CT molecular complexity index is 395. The number of benzene rings is 1. The molecule has 18 heavy (non-hydrogen) atoms. The van der Waals surface area contributed by atoms with Crippen LogP contribution in [-0.4, -0.2) is 29.2 Å². The van der Waals surface area contributed by atoms with Gasteiger partial charge in [-0.2, -0.15) is 0 Å². The number of hydrogen-bond acceptors (Lipinski definition) is 2. The Morgan fingerprint density at radius 3 is 2.72 bits per heavy atom. The smallest absolute Gasteiger partial charge is 0.124 e. The summed E-state index contributed by atoms with van der Waals surface area (Å²) in [5.41, 5.74) is 1.11. The maximum Gasteiger partial charge on any atom is 0.124 e. The topological polar surface area (TPSA) is 23.5 Å². The Kier molecular flexibility index (Phi) is 5.15. The molecule has 1 saturated carbocycles. The molecule has 4 heteroatoms. The van der Waals surface area contributed by atoms with Gasteiger partial charge in [-0.15, -0.1) is 0 Å². The number of hydrogen-bond donors (Lipinski definition) is 1. The summed E-state index contributed by atoms with van der Waals surface area (Å²) >= 11 is 3.42. The van der Waals surface area contributed by atoms with Crippen molar-refractivity contribution in [3.05, 3.63) is 34.1 Å². The maximum absolute atomic E-state index is 13.0. The first-order valence-electron chi connectivity index (χ1n) is 6.49. The van der Waals surface area contributed by atoms with Gasteiger partial charge >= 0.3 is 0 Å². The highest BCUT2D eigenvalue weighted by molar-refractivity contribution is 9.10. The lowest BCUT2D eigenvalue weighted by Gasteiger charge is -2.37. The van der Waals surface area contributed by atoms with Crippen LogP contribution < -0.4 is 0 Å². The number of nitrogens with zero attached hydrogens (tertiary/aromatic N) is 1. The van der Waals surface area contributed by atoms with Crippen molar-refractivity contribution < 1.29 is 9.50 Å². The molecule has 2 nitrogen and oxygen atoms in total. The van der Waals surface area contributed by atoms with Gasteiger partial charge in [0.25, 0.3) is 0 Å². The van der Waals surface area contributed by atoms with Gasteiger partial charge in [0, 0.05) is 30.2 Å². The van der Waals surface area contributed by atoms with E-state index in [4.69, 9.17) is 5.11 Å². The summed E-state index contributed by atoms with van der Waals surface area (Å²) in [5.74, 6) is -0.212. The van der Waals surface area contributed by atoms with E-state index < -0.39 is 0 Å². The second kappa shape index (κ2) is 6.64. The summed E-state index contributed by atoms with van der Waals surface area (Å²) < 4.78 is 13.9. The predicted octanol–water partition coefficient (Wildman–Crippen LogP) is 3.33. The van der Waals surface area contributed by atoms with Crippen molar-refractivity contribution in [3.63, 3.8) is 0 Å². The fraction of sp³-hybridized carbons (Fsp3) is 0.571. The lowest BCUT2D eigenvalue weighted by Crippen LogP contribution is -2.40. The molecular formula is C14H19BrFNO. The molecule has 1 aliphatic carbocycles. The van der Waals surface area contributed by atoms with Crippen molar-refractivity contribution in [3.8, 4) is 0 Å². The van der Waals surface area contributed by atoms with Crippen LogP contribution in [0.4, 0.5) is 4.39 Å². The van der Waals surface area contributed by atoms with Crippen LogP contribution in [-0.2, 0) is 6.54 Å². The molecule has 0 spiro atoms. The number of rotatable bonds is 6. The van der Waals surface area contributed by atoms with Gasteiger partial charge in [-0.05, 0) is 37.0 Å². The van der Waals surface area contributed by atoms with Crippen molar-refractivity contribution >= 4 is 15.9 Å². The Hall–Kier alpha value is -0.450. The van der Waals surface area contributed by atoms with Gasteiger partial charge in [0.2, 0.25) is 0 Å². The molecule has 0 heterocycles. The van der Waals surface area contributed by atoms with E-state index in [2.05, 4.69) is 20.8 Å². The number of aliphatic hydroxyl groups is 1. The first-order valence-corrected chi connectivity index (χ1v) is 7.29. The molecule has 1 aromatic rings. The normalized spacial score (nSPS) is 16.0. The molecule has 0 aromatic heterocycles. The fourth-order valence-electron chi connectivity index (χ4n) is 2.29. The SMILES string of the molecule is OCCCN(Cc1ccc(F)cc1Br)C1CCC1. The van der Waals surface area contributed by atoms with E-state index in [1.54, 1.807) is 0 Å². The van der Waals surface area contributed by atoms with Crippen LogP contribution in [0.1, 0.15) is 31.2 Å². The highest BCUT2D eigenvalue weighted by Gasteiger charge is 2.24. The number of halogens is 2. The van der Waals surface area contributed by atoms with Crippen molar-refractivity contribution in [1.29, 1.82) is 0 Å². The molecule has 1 N–H and O–H groups in total. The van der Waals surface area contributed by atoms with Crippen LogP contribution >= 0.6 is 15.9 Å². The Morgan fingerprint density at radius 2 is 2.17 bits per heavy atom. The molecule has 0 aliphatic heterocycles. The van der Waals surface area contributed by atoms with Gasteiger partial charge in [0.1, 0.15) is 5.82 Å². The van der Waals surface area contributed by atoms with E-state index in [1.807, 2.05) is 6.07 Å². The van der Waals surface area contributed by atoms with Crippen molar-refractivity contribution in [2.75, 3.05) is 13.2 Å². The molecule has 2 rings (SSSR count). The average molecular weight is 316 g/mol. The second-order valence-electron chi connectivity index (χ2n) is 4.87. The molecule has 1 fully saturated rings. The van der Waals surface area contributed by atoms with E-state index in [-0.39, 0.29) is 12.4 Å². The largest absolute Gasteiger partial charge is 0.396 e. The van der Waals surface area contributed by atoms with Crippen LogP contribution in [0.5, 0.6) is 0 Å². The monoisotopic (exact) mass is 315 g/mol. The minimum atomic E-state index is -0.212. The fourth-order valence-corrected chi connectivity index (χ4v) is 2.76. The van der Waals surface area contributed by atoms with Crippen molar-refractivity contribution in [1.82, 2.24) is 4.90 Å². The van der Waals surface area contributed by atoms with Crippen molar-refractivity contribution in [2.45, 2.75) is 38.3 Å². The predicted molar refractivity (Wildman–Crippen MR) is 73.9 cm³/mol. The van der Waals surface area contributed by atoms with Crippen LogP contribution in [0.15, 0.2) is 22.7 Å². The van der Waals surface area contributed by atoms with Crippen molar-refractivity contribution in [2.24, 2.45) is 0 Å². The van der Waals surface area contributed by atoms with Crippen LogP contribution in [0.25, 0.3) is 0 Å². The molecule has 1 aliphatic rings. The summed E-state index contributed by atoms with van der Waals surface area (Å²) in [6.07, 6.45) is 4.58. The molecule has 0 radical (unpaired) electrons. The summed E-state index contributed by atoms with van der Waals surface area (Å²) in [7, 11) is 0.